The predicted octanol–water partition coefficient (Wildman–Crippen LogP) is 2.16. The maximum atomic E-state index is 5.51. The highest BCUT2D eigenvalue weighted by molar-refractivity contribution is 7.80. The van der Waals surface area contributed by atoms with Gasteiger partial charge in [-0.1, -0.05) is 19.3 Å². The maximum Gasteiger partial charge on any atom is 0.169 e. The molecule has 2 aliphatic rings. The van der Waals surface area contributed by atoms with Crippen molar-refractivity contribution in [3.8, 4) is 0 Å². The number of ether oxygens (including phenoxy) is 1. The molecule has 0 spiro atoms. The molecule has 1 heterocycles. The zero-order chi connectivity index (χ0) is 12.1. The Bertz CT molecular complexity index is 254. The average molecular weight is 256 g/mol. The van der Waals surface area contributed by atoms with E-state index in [0.29, 0.717) is 12.0 Å². The van der Waals surface area contributed by atoms with Gasteiger partial charge in [0, 0.05) is 32.2 Å². The molecular formula is C13H24N2OS. The molecule has 0 aromatic rings. The molecular weight excluding hydrogens is 232 g/mol. The van der Waals surface area contributed by atoms with Crippen molar-refractivity contribution in [3.05, 3.63) is 0 Å². The highest BCUT2D eigenvalue weighted by atomic mass is 32.1. The number of hydrogen-bond acceptors (Lipinski definition) is 2. The summed E-state index contributed by atoms with van der Waals surface area (Å²) < 4.78 is 5.21. The molecule has 1 unspecified atom stereocenters. The van der Waals surface area contributed by atoms with E-state index in [-0.39, 0.29) is 0 Å². The SMILES string of the molecule is COCC1CCN(C(=S)NC2CCCCC2)C1. The molecule has 17 heavy (non-hydrogen) atoms. The second-order valence-corrected chi connectivity index (χ2v) is 5.73. The van der Waals surface area contributed by atoms with E-state index < -0.39 is 0 Å². The molecule has 1 N–H and O–H groups in total. The maximum absolute atomic E-state index is 5.51. The summed E-state index contributed by atoms with van der Waals surface area (Å²) in [6, 6.07) is 0.623. The molecule has 0 amide bonds. The van der Waals surface area contributed by atoms with Crippen molar-refractivity contribution in [2.24, 2.45) is 5.92 Å². The molecule has 1 atom stereocenters. The van der Waals surface area contributed by atoms with Crippen LogP contribution in [-0.4, -0.2) is 42.9 Å². The van der Waals surface area contributed by atoms with Crippen molar-refractivity contribution < 1.29 is 4.74 Å². The summed E-state index contributed by atoms with van der Waals surface area (Å²) in [6.45, 7) is 3.02. The van der Waals surface area contributed by atoms with Crippen molar-refractivity contribution in [1.82, 2.24) is 10.2 Å². The van der Waals surface area contributed by atoms with Gasteiger partial charge in [-0.15, -0.1) is 0 Å². The molecule has 1 saturated heterocycles. The van der Waals surface area contributed by atoms with Gasteiger partial charge >= 0.3 is 0 Å². The minimum absolute atomic E-state index is 0.623. The predicted molar refractivity (Wildman–Crippen MR) is 74.2 cm³/mol. The van der Waals surface area contributed by atoms with E-state index in [2.05, 4.69) is 10.2 Å². The summed E-state index contributed by atoms with van der Waals surface area (Å²) in [4.78, 5) is 2.31. The Labute approximate surface area is 110 Å². The van der Waals surface area contributed by atoms with E-state index >= 15 is 0 Å². The zero-order valence-electron chi connectivity index (χ0n) is 10.8. The fraction of sp³-hybridized carbons (Fsp3) is 0.923. The van der Waals surface area contributed by atoms with E-state index in [1.807, 2.05) is 0 Å². The lowest BCUT2D eigenvalue weighted by molar-refractivity contribution is 0.157. The van der Waals surface area contributed by atoms with Gasteiger partial charge in [-0.2, -0.15) is 0 Å². The van der Waals surface area contributed by atoms with E-state index in [4.69, 9.17) is 17.0 Å². The summed E-state index contributed by atoms with van der Waals surface area (Å²) in [5.74, 6) is 0.658. The van der Waals surface area contributed by atoms with Crippen LogP contribution < -0.4 is 5.32 Å². The molecule has 0 bridgehead atoms. The highest BCUT2D eigenvalue weighted by Gasteiger charge is 2.25. The van der Waals surface area contributed by atoms with Crippen molar-refractivity contribution in [3.63, 3.8) is 0 Å². The fourth-order valence-electron chi connectivity index (χ4n) is 2.90. The zero-order valence-corrected chi connectivity index (χ0v) is 11.6. The first-order valence-corrected chi connectivity index (χ1v) is 7.25. The second kappa shape index (κ2) is 6.55. The van der Waals surface area contributed by atoms with E-state index in [0.717, 1.165) is 24.8 Å². The van der Waals surface area contributed by atoms with Crippen LogP contribution in [0.4, 0.5) is 0 Å². The van der Waals surface area contributed by atoms with Crippen molar-refractivity contribution >= 4 is 17.3 Å². The minimum atomic E-state index is 0.623. The Balaban J connectivity index is 1.72. The van der Waals surface area contributed by atoms with E-state index in [1.54, 1.807) is 7.11 Å². The molecule has 0 radical (unpaired) electrons. The van der Waals surface area contributed by atoms with Gasteiger partial charge in [-0.05, 0) is 31.5 Å². The summed E-state index contributed by atoms with van der Waals surface area (Å²) >= 11 is 5.51. The van der Waals surface area contributed by atoms with Crippen LogP contribution in [0.15, 0.2) is 0 Å². The number of thiocarbonyl (C=S) groups is 1. The van der Waals surface area contributed by atoms with Crippen LogP contribution in [0.5, 0.6) is 0 Å². The Morgan fingerprint density at radius 1 is 1.29 bits per heavy atom. The lowest BCUT2D eigenvalue weighted by Crippen LogP contribution is -2.44. The lowest BCUT2D eigenvalue weighted by Gasteiger charge is -2.28. The molecule has 4 heteroatoms. The number of likely N-dealkylation sites (tertiary alicyclic amines) is 1. The van der Waals surface area contributed by atoms with Crippen LogP contribution in [0, 0.1) is 5.92 Å². The molecule has 1 aliphatic carbocycles. The van der Waals surface area contributed by atoms with E-state index in [1.165, 1.54) is 38.5 Å². The normalized spacial score (nSPS) is 26.2. The average Bonchev–Trinajstić information content (AvgIpc) is 2.79. The number of methoxy groups -OCH3 is 1. The molecule has 3 nitrogen and oxygen atoms in total. The lowest BCUT2D eigenvalue weighted by atomic mass is 9.96. The van der Waals surface area contributed by atoms with Gasteiger partial charge in [0.05, 0.1) is 6.61 Å². The van der Waals surface area contributed by atoms with Crippen LogP contribution in [0.3, 0.4) is 0 Å². The minimum Gasteiger partial charge on any atom is -0.384 e. The summed E-state index contributed by atoms with van der Waals surface area (Å²) in [5.41, 5.74) is 0. The molecule has 2 rings (SSSR count). The highest BCUT2D eigenvalue weighted by Crippen LogP contribution is 2.20. The second-order valence-electron chi connectivity index (χ2n) is 5.34. The fourth-order valence-corrected chi connectivity index (χ4v) is 3.23. The first kappa shape index (κ1) is 13.1. The van der Waals surface area contributed by atoms with Crippen molar-refractivity contribution in [2.75, 3.05) is 26.8 Å². The summed E-state index contributed by atoms with van der Waals surface area (Å²) in [7, 11) is 1.78. The Hall–Kier alpha value is -0.350. The van der Waals surface area contributed by atoms with Gasteiger partial charge in [0.2, 0.25) is 0 Å². The van der Waals surface area contributed by atoms with Gasteiger partial charge in [0.25, 0.3) is 0 Å². The monoisotopic (exact) mass is 256 g/mol. The van der Waals surface area contributed by atoms with Gasteiger partial charge in [0.15, 0.2) is 5.11 Å². The molecule has 1 aliphatic heterocycles. The molecule has 1 saturated carbocycles. The van der Waals surface area contributed by atoms with Crippen molar-refractivity contribution in [1.29, 1.82) is 0 Å². The van der Waals surface area contributed by atoms with Crippen LogP contribution in [0.25, 0.3) is 0 Å². The first-order chi connectivity index (χ1) is 8.29. The molecule has 0 aromatic heterocycles. The first-order valence-electron chi connectivity index (χ1n) is 6.84. The van der Waals surface area contributed by atoms with Crippen LogP contribution >= 0.6 is 12.2 Å². The van der Waals surface area contributed by atoms with Gasteiger partial charge in [-0.25, -0.2) is 0 Å². The third kappa shape index (κ3) is 3.81. The Kier molecular flexibility index (Phi) is 5.04. The number of hydrogen-bond donors (Lipinski definition) is 1. The third-order valence-electron chi connectivity index (χ3n) is 3.91. The number of nitrogens with one attached hydrogen (secondary N) is 1. The standard InChI is InChI=1S/C13H24N2OS/c1-16-10-11-7-8-15(9-11)13(17)14-12-5-3-2-4-6-12/h11-12H,2-10H2,1H3,(H,14,17). The Morgan fingerprint density at radius 3 is 2.76 bits per heavy atom. The van der Waals surface area contributed by atoms with Crippen molar-refractivity contribution in [2.45, 2.75) is 44.6 Å². The number of nitrogens with zero attached hydrogens (tertiary/aromatic N) is 1. The Morgan fingerprint density at radius 2 is 2.06 bits per heavy atom. The largest absolute Gasteiger partial charge is 0.384 e. The molecule has 2 fully saturated rings. The third-order valence-corrected chi connectivity index (χ3v) is 4.28. The summed E-state index contributed by atoms with van der Waals surface area (Å²) in [6.07, 6.45) is 7.88. The van der Waals surface area contributed by atoms with Gasteiger partial charge < -0.3 is 15.0 Å². The molecule has 0 aromatic carbocycles. The molecule has 98 valence electrons. The van der Waals surface area contributed by atoms with Gasteiger partial charge in [0.1, 0.15) is 0 Å². The van der Waals surface area contributed by atoms with Crippen LogP contribution in [0.2, 0.25) is 0 Å². The smallest absolute Gasteiger partial charge is 0.169 e. The topological polar surface area (TPSA) is 24.5 Å². The number of rotatable bonds is 3. The van der Waals surface area contributed by atoms with Crippen LogP contribution in [-0.2, 0) is 4.74 Å². The van der Waals surface area contributed by atoms with Crippen LogP contribution in [0.1, 0.15) is 38.5 Å². The summed E-state index contributed by atoms with van der Waals surface area (Å²) in [5, 5.41) is 4.51. The van der Waals surface area contributed by atoms with Gasteiger partial charge in [-0.3, -0.25) is 0 Å². The van der Waals surface area contributed by atoms with E-state index in [9.17, 15) is 0 Å². The quantitative estimate of drug-likeness (QED) is 0.782.